The van der Waals surface area contributed by atoms with Gasteiger partial charge in [-0.05, 0) is 106 Å². The molecular weight excluding hydrogens is 1460 g/mol. The monoisotopic (exact) mass is 1560 g/mol. The number of aromatic nitrogens is 2. The van der Waals surface area contributed by atoms with E-state index in [-0.39, 0.29) is 144 Å². The Hall–Kier alpha value is -10.7. The van der Waals surface area contributed by atoms with Crippen molar-refractivity contribution in [1.82, 2.24) is 39.6 Å². The fourth-order valence-corrected chi connectivity index (χ4v) is 15.0. The summed E-state index contributed by atoms with van der Waals surface area (Å²) in [6, 6.07) is 41.3. The summed E-state index contributed by atoms with van der Waals surface area (Å²) in [5.41, 5.74) is 10.9. The van der Waals surface area contributed by atoms with Gasteiger partial charge in [-0.2, -0.15) is 0 Å². The van der Waals surface area contributed by atoms with Crippen LogP contribution in [0.4, 0.5) is 14.4 Å². The zero-order valence-corrected chi connectivity index (χ0v) is 64.4. The Morgan fingerprint density at radius 3 is 1.82 bits per heavy atom. The molecule has 29 nitrogen and oxygen atoms in total. The van der Waals surface area contributed by atoms with Gasteiger partial charge >= 0.3 is 30.2 Å². The van der Waals surface area contributed by atoms with Crippen molar-refractivity contribution in [3.63, 3.8) is 0 Å². The number of benzene rings is 5. The van der Waals surface area contributed by atoms with E-state index >= 15 is 0 Å². The highest BCUT2D eigenvalue weighted by Gasteiger charge is 2.49. The minimum Gasteiger partial charge on any atom is -0.481 e. The molecular formula is C84H100N8O21. The minimum atomic E-state index is -2.03. The average Bonchev–Trinajstić information content (AvgIpc) is 1.65. The first-order valence-corrected chi connectivity index (χ1v) is 38.3. The largest absolute Gasteiger partial charge is 0.481 e. The van der Waals surface area contributed by atoms with Gasteiger partial charge in [0.15, 0.2) is 11.9 Å². The van der Waals surface area contributed by atoms with Crippen LogP contribution in [0.25, 0.3) is 33.3 Å². The molecule has 602 valence electrons. The number of hydrogen-bond acceptors (Lipinski definition) is 21. The third kappa shape index (κ3) is 20.6. The molecule has 2 aliphatic heterocycles. The van der Waals surface area contributed by atoms with Crippen LogP contribution in [0.3, 0.4) is 0 Å². The Morgan fingerprint density at radius 2 is 1.23 bits per heavy atom. The fraction of sp³-hybridized carbons (Fsp3) is 0.452. The van der Waals surface area contributed by atoms with Crippen molar-refractivity contribution in [3.8, 4) is 28.0 Å². The van der Waals surface area contributed by atoms with Gasteiger partial charge in [0.05, 0.1) is 39.0 Å². The molecule has 5 amide bonds. The average molecular weight is 1560 g/mol. The van der Waals surface area contributed by atoms with E-state index in [0.717, 1.165) is 55.6 Å². The molecule has 5 aromatic carbocycles. The van der Waals surface area contributed by atoms with Gasteiger partial charge in [-0.1, -0.05) is 123 Å². The van der Waals surface area contributed by atoms with Crippen LogP contribution in [0.1, 0.15) is 117 Å². The van der Waals surface area contributed by atoms with Crippen molar-refractivity contribution < 1.29 is 102 Å². The number of carboxylic acids is 2. The Labute approximate surface area is 655 Å². The molecule has 4 heterocycles. The van der Waals surface area contributed by atoms with E-state index in [1.807, 2.05) is 83.2 Å². The second kappa shape index (κ2) is 38.7. The van der Waals surface area contributed by atoms with Gasteiger partial charge < -0.3 is 83.3 Å². The third-order valence-electron chi connectivity index (χ3n) is 21.5. The number of likely N-dealkylation sites (tertiary alicyclic amines) is 1. The van der Waals surface area contributed by atoms with Gasteiger partial charge in [0.2, 0.25) is 18.1 Å². The van der Waals surface area contributed by atoms with E-state index in [0.29, 0.717) is 44.7 Å². The summed E-state index contributed by atoms with van der Waals surface area (Å²) in [7, 11) is 4.91. The molecule has 2 aliphatic carbocycles. The van der Waals surface area contributed by atoms with E-state index in [2.05, 4.69) is 53.8 Å². The molecule has 113 heavy (non-hydrogen) atoms. The van der Waals surface area contributed by atoms with Gasteiger partial charge in [-0.3, -0.25) is 24.0 Å². The summed E-state index contributed by atoms with van der Waals surface area (Å²) in [4.78, 5) is 129. The first-order valence-electron chi connectivity index (χ1n) is 38.3. The topological polar surface area (TPSA) is 365 Å². The van der Waals surface area contributed by atoms with Crippen molar-refractivity contribution >= 4 is 64.6 Å². The number of ether oxygens (including phenoxy) is 7. The number of piperidine rings is 1. The lowest BCUT2D eigenvalue weighted by Crippen LogP contribution is -2.61. The lowest BCUT2D eigenvalue weighted by Gasteiger charge is -2.38. The van der Waals surface area contributed by atoms with Crippen LogP contribution in [0.15, 0.2) is 140 Å². The summed E-state index contributed by atoms with van der Waals surface area (Å²) in [6.07, 6.45) is -9.46. The molecule has 6 N–H and O–H groups in total. The Kier molecular flexibility index (Phi) is 28.5. The van der Waals surface area contributed by atoms with Gasteiger partial charge in [0.25, 0.3) is 0 Å². The number of aliphatic hydroxyl groups excluding tert-OH is 3. The molecule has 11 rings (SSSR count). The predicted molar refractivity (Wildman–Crippen MR) is 412 cm³/mol. The quantitative estimate of drug-likeness (QED) is 0.0121. The van der Waals surface area contributed by atoms with E-state index in [1.165, 1.54) is 42.1 Å². The number of nitrogens with one attached hydrogen (secondary N) is 1. The van der Waals surface area contributed by atoms with E-state index in [1.54, 1.807) is 37.0 Å². The number of nitrogens with zero attached hydrogens (tertiary/aromatic N) is 7. The van der Waals surface area contributed by atoms with Gasteiger partial charge in [0, 0.05) is 133 Å². The maximum atomic E-state index is 14.5. The second-order valence-electron chi connectivity index (χ2n) is 29.4. The number of rotatable bonds is 37. The van der Waals surface area contributed by atoms with Crippen LogP contribution in [-0.2, 0) is 83.3 Å². The predicted octanol–water partition coefficient (Wildman–Crippen LogP) is 8.57. The summed E-state index contributed by atoms with van der Waals surface area (Å²) < 4.78 is 42.8. The lowest BCUT2D eigenvalue weighted by atomic mass is 9.88. The van der Waals surface area contributed by atoms with Crippen LogP contribution >= 0.6 is 0 Å². The number of pyridine rings is 1. The number of carboxylic acid groups (broad SMARTS) is 2. The number of hydrogen-bond donors (Lipinski definition) is 6. The van der Waals surface area contributed by atoms with Crippen molar-refractivity contribution in [2.45, 2.75) is 146 Å². The third-order valence-corrected chi connectivity index (χ3v) is 21.5. The van der Waals surface area contributed by atoms with Crippen molar-refractivity contribution in [3.05, 3.63) is 179 Å². The first kappa shape index (κ1) is 83.3. The highest BCUT2D eigenvalue weighted by molar-refractivity contribution is 5.93. The smallest absolute Gasteiger partial charge is 0.424 e. The lowest BCUT2D eigenvalue weighted by molar-refractivity contribution is -0.271. The van der Waals surface area contributed by atoms with Crippen LogP contribution in [0.5, 0.6) is 5.75 Å². The first-order chi connectivity index (χ1) is 54.3. The van der Waals surface area contributed by atoms with Crippen molar-refractivity contribution in [1.29, 1.82) is 0 Å². The summed E-state index contributed by atoms with van der Waals surface area (Å²) >= 11 is 0. The maximum absolute atomic E-state index is 14.5. The van der Waals surface area contributed by atoms with Gasteiger partial charge in [0.1, 0.15) is 55.3 Å². The zero-order chi connectivity index (χ0) is 80.6. The number of aliphatic carboxylic acids is 2. The zero-order valence-electron chi connectivity index (χ0n) is 64.4. The van der Waals surface area contributed by atoms with E-state index in [9.17, 15) is 63.6 Å². The van der Waals surface area contributed by atoms with Crippen molar-refractivity contribution in [2.75, 3.05) is 87.0 Å². The van der Waals surface area contributed by atoms with Crippen LogP contribution < -0.4 is 10.1 Å². The number of ketones is 2. The molecule has 7 atom stereocenters. The Balaban J connectivity index is 0.648. The maximum Gasteiger partial charge on any atom is 0.424 e. The van der Waals surface area contributed by atoms with Crippen LogP contribution in [0.2, 0.25) is 0 Å². The molecule has 2 fully saturated rings. The summed E-state index contributed by atoms with van der Waals surface area (Å²) in [5, 5.41) is 57.1. The minimum absolute atomic E-state index is 0.0180. The van der Waals surface area contributed by atoms with Gasteiger partial charge in [-0.25, -0.2) is 34.2 Å². The van der Waals surface area contributed by atoms with Crippen LogP contribution in [0, 0.1) is 11.8 Å². The number of fused-ring (bicyclic) bond motifs is 7. The number of aliphatic hydroxyl groups is 3. The number of Topliss-reactive ketones (excluding diaryl/α,β-unsaturated/α-hetero) is 2. The normalized spacial score (nSPS) is 17.8. The number of hydrazine groups is 1. The Bertz CT molecular complexity index is 4450. The second-order valence-corrected chi connectivity index (χ2v) is 29.4. The fourth-order valence-electron chi connectivity index (χ4n) is 15.0. The molecule has 0 spiro atoms. The van der Waals surface area contributed by atoms with Crippen LogP contribution in [-0.4, -0.2) is 243 Å². The molecule has 7 aromatic rings. The molecule has 0 bridgehead atoms. The standard InChI is InChI=1S/C84H100N8O21/c1-51(2)67(79(101)86-52(3)70(94)45-54-28-27-53(48-109-82(104)87(4)34-16-26-73(96)97)43-71(54)112-81-76(100)74(98)75(99)77(113-81)80(102)103)46-58(93)32-39-107-41-42-108-40-38-92(84(106)111-50-69-65-24-13-9-20-61(65)62-21-10-14-25-66(62)69)56-29-35-90(36-30-56)72(95)31-37-91-57(44-55-17-15-33-85-78(55)91)47-88(5)89(6)83(105)110-49-68-63-22-11-7-18-59(63)60-19-8-12-23-64(60)68/h7-15,17-25,27-28,33,43-44,51-52,56,67-69,74-77,81,98-100H,16,26,29-32,34-42,45-50H2,1-6H3,(H,86,101)(H,96,97)(H,102,103)/t52-,67-,74-,75-,76+,77-,81+/m0/s1. The number of carbonyl (C=O) groups is 9. The summed E-state index contributed by atoms with van der Waals surface area (Å²) in [6.45, 7) is 6.99. The van der Waals surface area contributed by atoms with Crippen molar-refractivity contribution in [2.24, 2.45) is 11.8 Å². The molecule has 0 unspecified atom stereocenters. The molecule has 0 radical (unpaired) electrons. The SMILES string of the molecule is CC(C)[C@H](CC(=O)CCOCCOCCN(C(=O)OCC1c2ccccc2-c2ccccc21)C1CCN(C(=O)CCn2c(CN(C)N(C)C(=O)OCC3c4ccccc4-c4ccccc43)cc3cccnc32)CC1)C(=O)N[C@@H](C)C(=O)Cc1ccc(COC(=O)N(C)CCCC(=O)O)cc1O[C@@H]1O[C@H](C(=O)O)[C@@H](O)[C@H](O)[C@H]1O. The van der Waals surface area contributed by atoms with E-state index in [4.69, 9.17) is 43.2 Å². The Morgan fingerprint density at radius 1 is 0.637 bits per heavy atom. The number of amides is 5. The van der Waals surface area contributed by atoms with E-state index < -0.39 is 91.0 Å². The van der Waals surface area contributed by atoms with Gasteiger partial charge in [-0.15, -0.1) is 0 Å². The molecule has 29 heteroatoms. The molecule has 4 aliphatic rings. The summed E-state index contributed by atoms with van der Waals surface area (Å²) in [5.74, 6) is -5.74. The highest BCUT2D eigenvalue weighted by Crippen LogP contribution is 2.46. The molecule has 2 saturated heterocycles. The number of carbonyl (C=O) groups excluding carboxylic acids is 7. The number of aryl methyl sites for hydroxylation is 1. The molecule has 2 aromatic heterocycles. The molecule has 0 saturated carbocycles. The highest BCUT2D eigenvalue weighted by atomic mass is 16.7.